The number of hydrogen-bond acceptors (Lipinski definition) is 3. The summed E-state index contributed by atoms with van der Waals surface area (Å²) in [7, 11) is 0. The number of carbonyl (C=O) groups is 2. The van der Waals surface area contributed by atoms with E-state index in [0.29, 0.717) is 11.4 Å². The van der Waals surface area contributed by atoms with E-state index >= 15 is 0 Å². The molecule has 0 spiro atoms. The monoisotopic (exact) mass is 271 g/mol. The second-order valence-electron chi connectivity index (χ2n) is 4.09. The Hall–Kier alpha value is -2.89. The highest BCUT2D eigenvalue weighted by atomic mass is 16.4. The molecule has 1 heterocycles. The van der Waals surface area contributed by atoms with E-state index in [1.54, 1.807) is 48.8 Å². The molecule has 2 rings (SSSR count). The summed E-state index contributed by atoms with van der Waals surface area (Å²) in [6, 6.07) is 10.0. The Morgan fingerprint density at radius 2 is 1.70 bits per heavy atom. The number of benzene rings is 1. The fourth-order valence-corrected chi connectivity index (χ4v) is 1.69. The van der Waals surface area contributed by atoms with Gasteiger partial charge in [0.2, 0.25) is 5.91 Å². The lowest BCUT2D eigenvalue weighted by molar-refractivity contribution is -0.115. The number of carbonyl (C=O) groups excluding carboxylic acids is 1. The van der Waals surface area contributed by atoms with Gasteiger partial charge in [-0.15, -0.1) is 0 Å². The lowest BCUT2D eigenvalue weighted by Gasteiger charge is -2.07. The van der Waals surface area contributed by atoms with Crippen LogP contribution in [0.25, 0.3) is 0 Å². The van der Waals surface area contributed by atoms with Crippen LogP contribution in [0.2, 0.25) is 0 Å². The van der Waals surface area contributed by atoms with Crippen LogP contribution in [0, 0.1) is 0 Å². The molecule has 102 valence electrons. The predicted octanol–water partition coefficient (Wildman–Crippen LogP) is 2.35. The third-order valence-corrected chi connectivity index (χ3v) is 2.51. The zero-order chi connectivity index (χ0) is 14.4. The number of hydrogen-bond donors (Lipinski definition) is 3. The molecule has 0 radical (unpaired) electrons. The molecule has 6 heteroatoms. The van der Waals surface area contributed by atoms with Gasteiger partial charge in [-0.2, -0.15) is 0 Å². The summed E-state index contributed by atoms with van der Waals surface area (Å²) >= 11 is 0. The van der Waals surface area contributed by atoms with E-state index in [-0.39, 0.29) is 12.3 Å². The number of anilines is 2. The van der Waals surface area contributed by atoms with Crippen molar-refractivity contribution < 1.29 is 14.7 Å². The van der Waals surface area contributed by atoms with Gasteiger partial charge in [0, 0.05) is 23.8 Å². The summed E-state index contributed by atoms with van der Waals surface area (Å²) in [4.78, 5) is 26.3. The zero-order valence-electron chi connectivity index (χ0n) is 10.5. The molecule has 0 fully saturated rings. The van der Waals surface area contributed by atoms with Crippen LogP contribution < -0.4 is 10.6 Å². The van der Waals surface area contributed by atoms with Crippen LogP contribution in [-0.4, -0.2) is 22.1 Å². The Bertz CT molecular complexity index is 614. The lowest BCUT2D eigenvalue weighted by atomic mass is 10.2. The summed E-state index contributed by atoms with van der Waals surface area (Å²) < 4.78 is 0. The highest BCUT2D eigenvalue weighted by molar-refractivity contribution is 5.93. The molecule has 0 saturated heterocycles. The van der Waals surface area contributed by atoms with Crippen LogP contribution in [0.5, 0.6) is 0 Å². The summed E-state index contributed by atoms with van der Waals surface area (Å²) in [6.45, 7) is 0. The average molecular weight is 271 g/mol. The molecule has 0 bridgehead atoms. The smallest absolute Gasteiger partial charge is 0.409 e. The van der Waals surface area contributed by atoms with Gasteiger partial charge in [-0.1, -0.05) is 6.07 Å². The van der Waals surface area contributed by atoms with Crippen LogP contribution in [0.1, 0.15) is 5.56 Å². The number of rotatable bonds is 4. The van der Waals surface area contributed by atoms with Crippen molar-refractivity contribution in [1.29, 1.82) is 0 Å². The summed E-state index contributed by atoms with van der Waals surface area (Å²) in [5.41, 5.74) is 1.80. The number of nitrogens with one attached hydrogen (secondary N) is 2. The Morgan fingerprint density at radius 1 is 1.05 bits per heavy atom. The van der Waals surface area contributed by atoms with Crippen LogP contribution in [0.15, 0.2) is 48.8 Å². The molecule has 0 aliphatic rings. The van der Waals surface area contributed by atoms with E-state index in [1.807, 2.05) is 0 Å². The SMILES string of the molecule is O=C(O)Nc1cccc(NC(=O)Cc2ccncc2)c1. The van der Waals surface area contributed by atoms with Crippen molar-refractivity contribution >= 4 is 23.4 Å². The van der Waals surface area contributed by atoms with Gasteiger partial charge < -0.3 is 10.4 Å². The summed E-state index contributed by atoms with van der Waals surface area (Å²) in [6.07, 6.45) is 2.34. The van der Waals surface area contributed by atoms with Crippen molar-refractivity contribution in [1.82, 2.24) is 4.98 Å². The van der Waals surface area contributed by atoms with Crippen LogP contribution in [0.4, 0.5) is 16.2 Å². The molecule has 3 N–H and O–H groups in total. The number of amides is 2. The molecule has 2 amide bonds. The van der Waals surface area contributed by atoms with Gasteiger partial charge in [0.1, 0.15) is 0 Å². The third kappa shape index (κ3) is 4.09. The van der Waals surface area contributed by atoms with Gasteiger partial charge in [0.15, 0.2) is 0 Å². The summed E-state index contributed by atoms with van der Waals surface area (Å²) in [5, 5.41) is 13.6. The van der Waals surface area contributed by atoms with Crippen LogP contribution >= 0.6 is 0 Å². The van der Waals surface area contributed by atoms with Crippen LogP contribution in [0.3, 0.4) is 0 Å². The molecule has 1 aromatic carbocycles. The molecule has 1 aromatic heterocycles. The van der Waals surface area contributed by atoms with Gasteiger partial charge in [0.25, 0.3) is 0 Å². The molecule has 0 atom stereocenters. The summed E-state index contributed by atoms with van der Waals surface area (Å²) in [5.74, 6) is -0.177. The number of carboxylic acid groups (broad SMARTS) is 1. The fourth-order valence-electron chi connectivity index (χ4n) is 1.69. The molecule has 2 aromatic rings. The highest BCUT2D eigenvalue weighted by Gasteiger charge is 2.05. The van der Waals surface area contributed by atoms with Crippen LogP contribution in [-0.2, 0) is 11.2 Å². The zero-order valence-corrected chi connectivity index (χ0v) is 10.5. The Kier molecular flexibility index (Phi) is 4.28. The second kappa shape index (κ2) is 6.33. The first-order valence-electron chi connectivity index (χ1n) is 5.92. The molecular formula is C14H13N3O3. The topological polar surface area (TPSA) is 91.3 Å². The van der Waals surface area contributed by atoms with E-state index in [1.165, 1.54) is 0 Å². The first-order chi connectivity index (χ1) is 9.63. The van der Waals surface area contributed by atoms with Crippen molar-refractivity contribution in [3.05, 3.63) is 54.4 Å². The standard InChI is InChI=1S/C14H13N3O3/c18-13(8-10-4-6-15-7-5-10)16-11-2-1-3-12(9-11)17-14(19)20/h1-7,9,17H,8H2,(H,16,18)(H,19,20). The maximum Gasteiger partial charge on any atom is 0.409 e. The minimum Gasteiger partial charge on any atom is -0.465 e. The largest absolute Gasteiger partial charge is 0.465 e. The van der Waals surface area contributed by atoms with Crippen molar-refractivity contribution in [2.75, 3.05) is 10.6 Å². The number of nitrogens with zero attached hydrogens (tertiary/aromatic N) is 1. The highest BCUT2D eigenvalue weighted by Crippen LogP contribution is 2.15. The number of pyridine rings is 1. The quantitative estimate of drug-likeness (QED) is 0.796. The molecule has 0 aliphatic heterocycles. The van der Waals surface area contributed by atoms with E-state index in [0.717, 1.165) is 5.56 Å². The minimum atomic E-state index is -1.15. The molecule has 0 saturated carbocycles. The molecule has 6 nitrogen and oxygen atoms in total. The van der Waals surface area contributed by atoms with Gasteiger partial charge in [0.05, 0.1) is 6.42 Å². The lowest BCUT2D eigenvalue weighted by Crippen LogP contribution is -2.14. The van der Waals surface area contributed by atoms with Gasteiger partial charge in [-0.05, 0) is 35.9 Å². The first kappa shape index (κ1) is 13.5. The van der Waals surface area contributed by atoms with Gasteiger partial charge in [-0.25, -0.2) is 4.79 Å². The van der Waals surface area contributed by atoms with E-state index < -0.39 is 6.09 Å². The Balaban J connectivity index is 1.99. The Morgan fingerprint density at radius 3 is 2.35 bits per heavy atom. The second-order valence-corrected chi connectivity index (χ2v) is 4.09. The molecule has 0 aliphatic carbocycles. The Labute approximate surface area is 115 Å². The van der Waals surface area contributed by atoms with Crippen molar-refractivity contribution in [2.45, 2.75) is 6.42 Å². The van der Waals surface area contributed by atoms with E-state index in [4.69, 9.17) is 5.11 Å². The average Bonchev–Trinajstić information content (AvgIpc) is 2.39. The van der Waals surface area contributed by atoms with Crippen molar-refractivity contribution in [3.8, 4) is 0 Å². The maximum absolute atomic E-state index is 11.8. The third-order valence-electron chi connectivity index (χ3n) is 2.51. The van der Waals surface area contributed by atoms with Gasteiger partial charge >= 0.3 is 6.09 Å². The molecule has 20 heavy (non-hydrogen) atoms. The molecule has 0 unspecified atom stereocenters. The maximum atomic E-state index is 11.8. The van der Waals surface area contributed by atoms with Gasteiger partial charge in [-0.3, -0.25) is 15.1 Å². The van der Waals surface area contributed by atoms with E-state index in [9.17, 15) is 9.59 Å². The van der Waals surface area contributed by atoms with Crippen molar-refractivity contribution in [2.24, 2.45) is 0 Å². The minimum absolute atomic E-state index is 0.177. The fraction of sp³-hybridized carbons (Fsp3) is 0.0714. The van der Waals surface area contributed by atoms with E-state index in [2.05, 4.69) is 15.6 Å². The normalized spacial score (nSPS) is 9.80. The molecular weight excluding hydrogens is 258 g/mol. The number of aromatic nitrogens is 1. The predicted molar refractivity (Wildman–Crippen MR) is 74.7 cm³/mol. The van der Waals surface area contributed by atoms with Crippen molar-refractivity contribution in [3.63, 3.8) is 0 Å². The first-order valence-corrected chi connectivity index (χ1v) is 5.92.